The third kappa shape index (κ3) is 11.2. The molecule has 7 aromatic rings. The Balaban J connectivity index is 1.04. The van der Waals surface area contributed by atoms with E-state index in [1.54, 1.807) is 101 Å². The molecule has 0 saturated carbocycles. The highest BCUT2D eigenvalue weighted by molar-refractivity contribution is 7.87. The molecule has 0 amide bonds. The van der Waals surface area contributed by atoms with Gasteiger partial charge in [-0.05, 0) is 152 Å². The van der Waals surface area contributed by atoms with Gasteiger partial charge in [0.1, 0.15) is 38.4 Å². The van der Waals surface area contributed by atoms with Crippen molar-refractivity contribution >= 4 is 98.0 Å². The molecule has 0 heterocycles. The van der Waals surface area contributed by atoms with E-state index in [2.05, 4.69) is 46.2 Å². The van der Waals surface area contributed by atoms with Crippen LogP contribution in [0.1, 0.15) is 16.7 Å². The third-order valence-electron chi connectivity index (χ3n) is 9.94. The third-order valence-corrected chi connectivity index (χ3v) is 12.5. The fraction of sp³-hybridized carbons (Fsp3) is 0.0909. The van der Waals surface area contributed by atoms with Crippen molar-refractivity contribution in [1.29, 1.82) is 0 Å². The molecule has 68 heavy (non-hydrogen) atoms. The maximum Gasteiger partial charge on any atom is 0.296 e. The lowest BCUT2D eigenvalue weighted by Crippen LogP contribution is -2.03. The molecule has 0 aliphatic carbocycles. The Morgan fingerprint density at radius 3 is 1.57 bits per heavy atom. The summed E-state index contributed by atoms with van der Waals surface area (Å²) in [7, 11) is -13.1. The fourth-order valence-electron chi connectivity index (χ4n) is 6.43. The first-order valence-electron chi connectivity index (χ1n) is 19.6. The highest BCUT2D eigenvalue weighted by Gasteiger charge is 2.23. The second kappa shape index (κ2) is 19.2. The molecule has 0 aliphatic rings. The van der Waals surface area contributed by atoms with Crippen LogP contribution in [-0.2, 0) is 30.4 Å². The number of methoxy groups -OCH3 is 1. The second-order valence-electron chi connectivity index (χ2n) is 14.8. The molecule has 0 saturated heterocycles. The van der Waals surface area contributed by atoms with Crippen LogP contribution in [0.15, 0.2) is 171 Å². The maximum absolute atomic E-state index is 12.5. The molecule has 0 unspecified atom stereocenters. The van der Waals surface area contributed by atoms with Crippen LogP contribution >= 0.6 is 0 Å². The zero-order valence-electron chi connectivity index (χ0n) is 35.9. The summed E-state index contributed by atoms with van der Waals surface area (Å²) in [5.74, 6) is -0.304. The standard InChI is InChI=1S/C44H37N9O12S3/c1-24-17-31(8-14-35(24)48-46-30-9-15-36(25(2)18-30)49-50-37-16-12-33(66(56,57)58)22-41(37)67(59,60)61)47-51-38-23-40(54)39(19-26(38)3)52-53-43-42(68(62,63)64)21-27-20-29(7-13-34(27)44(43)55)45-28-5-10-32(65-4)11-6-28/h5-23,45,54-55H,1-4H3,(H,56,57,58)(H,59,60,61)(H,62,63,64). The molecule has 7 rings (SSSR count). The number of hydrogen-bond acceptors (Lipinski definition) is 18. The Labute approximate surface area is 388 Å². The normalized spacial score (nSPS) is 12.6. The summed E-state index contributed by atoms with van der Waals surface area (Å²) in [4.78, 5) is -2.34. The van der Waals surface area contributed by atoms with Gasteiger partial charge in [-0.25, -0.2) is 0 Å². The molecule has 24 heteroatoms. The van der Waals surface area contributed by atoms with Crippen LogP contribution in [0, 0.1) is 20.8 Å². The first kappa shape index (κ1) is 48.1. The summed E-state index contributed by atoms with van der Waals surface area (Å²) in [6.07, 6.45) is 0. The molecule has 0 bridgehead atoms. The average molecular weight is 980 g/mol. The number of ether oxygens (including phenoxy) is 1. The van der Waals surface area contributed by atoms with E-state index in [1.165, 1.54) is 18.2 Å². The van der Waals surface area contributed by atoms with Crippen LogP contribution in [0.2, 0.25) is 0 Å². The Bertz CT molecular complexity index is 3620. The summed E-state index contributed by atoms with van der Waals surface area (Å²) < 4.78 is 106. The number of aromatic hydroxyl groups is 2. The molecule has 0 spiro atoms. The number of azo groups is 4. The lowest BCUT2D eigenvalue weighted by molar-refractivity contribution is 0.415. The SMILES string of the molecule is COc1ccc(Nc2ccc3c(O)c(N=Nc4cc(C)c(N=Nc5ccc(N=Nc6ccc(N=Nc7ccc(S(=O)(=O)O)cc7S(=O)(=O)O)c(C)c6)c(C)c5)cc4O)c(S(=O)(=O)O)cc3c2)cc1. The van der Waals surface area contributed by atoms with Crippen molar-refractivity contribution in [2.45, 2.75) is 35.5 Å². The van der Waals surface area contributed by atoms with Crippen LogP contribution in [-0.4, -0.2) is 56.2 Å². The van der Waals surface area contributed by atoms with Gasteiger partial charge in [-0.3, -0.25) is 13.7 Å². The smallest absolute Gasteiger partial charge is 0.296 e. The van der Waals surface area contributed by atoms with Crippen LogP contribution in [0.3, 0.4) is 0 Å². The van der Waals surface area contributed by atoms with Gasteiger partial charge in [0.15, 0.2) is 5.75 Å². The average Bonchev–Trinajstić information content (AvgIpc) is 3.27. The van der Waals surface area contributed by atoms with Crippen LogP contribution in [0.4, 0.5) is 56.9 Å². The minimum atomic E-state index is -4.94. The Kier molecular flexibility index (Phi) is 13.5. The molecule has 7 aromatic carbocycles. The van der Waals surface area contributed by atoms with Gasteiger partial charge in [-0.2, -0.15) is 50.8 Å². The van der Waals surface area contributed by atoms with E-state index < -0.39 is 62.2 Å². The maximum atomic E-state index is 12.5. The zero-order chi connectivity index (χ0) is 49.1. The lowest BCUT2D eigenvalue weighted by atomic mass is 10.1. The van der Waals surface area contributed by atoms with Crippen molar-refractivity contribution < 1.29 is 53.9 Å². The van der Waals surface area contributed by atoms with Gasteiger partial charge in [0, 0.05) is 22.8 Å². The van der Waals surface area contributed by atoms with E-state index in [1.807, 2.05) is 0 Å². The van der Waals surface area contributed by atoms with Gasteiger partial charge >= 0.3 is 0 Å². The van der Waals surface area contributed by atoms with Gasteiger partial charge in [0.05, 0.1) is 40.4 Å². The minimum Gasteiger partial charge on any atom is -0.506 e. The highest BCUT2D eigenvalue weighted by atomic mass is 32.2. The predicted molar refractivity (Wildman–Crippen MR) is 250 cm³/mol. The van der Waals surface area contributed by atoms with Gasteiger partial charge in [-0.15, -0.1) is 15.3 Å². The van der Waals surface area contributed by atoms with E-state index in [-0.39, 0.29) is 27.8 Å². The van der Waals surface area contributed by atoms with Crippen molar-refractivity contribution in [3.05, 3.63) is 132 Å². The number of phenols is 2. The van der Waals surface area contributed by atoms with E-state index in [0.29, 0.717) is 62.6 Å². The summed E-state index contributed by atoms with van der Waals surface area (Å²) in [6, 6.07) is 27.9. The molecule has 0 atom stereocenters. The molecule has 0 radical (unpaired) electrons. The number of benzene rings is 7. The fourth-order valence-corrected chi connectivity index (χ4v) is 8.32. The zero-order valence-corrected chi connectivity index (χ0v) is 38.3. The predicted octanol–water partition coefficient (Wildman–Crippen LogP) is 12.3. The van der Waals surface area contributed by atoms with Gasteiger partial charge in [-0.1, -0.05) is 0 Å². The molecule has 6 N–H and O–H groups in total. The van der Waals surface area contributed by atoms with Crippen LogP contribution in [0.25, 0.3) is 10.8 Å². The van der Waals surface area contributed by atoms with E-state index in [0.717, 1.165) is 18.2 Å². The number of hydrogen-bond donors (Lipinski definition) is 6. The Morgan fingerprint density at radius 2 is 1.00 bits per heavy atom. The largest absolute Gasteiger partial charge is 0.506 e. The van der Waals surface area contributed by atoms with Crippen LogP contribution < -0.4 is 10.1 Å². The number of aryl methyl sites for hydroxylation is 3. The number of rotatable bonds is 14. The van der Waals surface area contributed by atoms with Crippen molar-refractivity contribution in [2.75, 3.05) is 12.4 Å². The quantitative estimate of drug-likeness (QED) is 0.0436. The number of nitrogens with zero attached hydrogens (tertiary/aromatic N) is 8. The van der Waals surface area contributed by atoms with Crippen molar-refractivity contribution in [3.8, 4) is 17.2 Å². The molecule has 21 nitrogen and oxygen atoms in total. The summed E-state index contributed by atoms with van der Waals surface area (Å²) >= 11 is 0. The first-order chi connectivity index (χ1) is 32.1. The number of anilines is 2. The van der Waals surface area contributed by atoms with E-state index in [4.69, 9.17) is 4.74 Å². The molecule has 0 fully saturated rings. The Hall–Kier alpha value is -7.87. The van der Waals surface area contributed by atoms with Crippen molar-refractivity contribution in [3.63, 3.8) is 0 Å². The summed E-state index contributed by atoms with van der Waals surface area (Å²) in [5, 5.41) is 58.7. The monoisotopic (exact) mass is 979 g/mol. The molecule has 0 aliphatic heterocycles. The molecular formula is C44H37N9O12S3. The lowest BCUT2D eigenvalue weighted by Gasteiger charge is -2.12. The van der Waals surface area contributed by atoms with E-state index >= 15 is 0 Å². The van der Waals surface area contributed by atoms with Gasteiger partial charge < -0.3 is 20.3 Å². The van der Waals surface area contributed by atoms with E-state index in [9.17, 15) is 49.1 Å². The molecular weight excluding hydrogens is 943 g/mol. The number of phenolic OH excluding ortho intramolecular Hbond substituents is 2. The first-order valence-corrected chi connectivity index (χ1v) is 23.9. The number of fused-ring (bicyclic) bond motifs is 1. The molecule has 0 aromatic heterocycles. The summed E-state index contributed by atoms with van der Waals surface area (Å²) in [6.45, 7) is 5.13. The van der Waals surface area contributed by atoms with Crippen molar-refractivity contribution in [2.24, 2.45) is 40.9 Å². The van der Waals surface area contributed by atoms with Gasteiger partial charge in [0.25, 0.3) is 30.4 Å². The van der Waals surface area contributed by atoms with Crippen molar-refractivity contribution in [1.82, 2.24) is 0 Å². The second-order valence-corrected chi connectivity index (χ2v) is 19.0. The summed E-state index contributed by atoms with van der Waals surface area (Å²) in [5.41, 5.74) is 3.93. The van der Waals surface area contributed by atoms with Crippen LogP contribution in [0.5, 0.6) is 17.2 Å². The highest BCUT2D eigenvalue weighted by Crippen LogP contribution is 2.44. The topological polar surface area (TPSA) is 324 Å². The van der Waals surface area contributed by atoms with Gasteiger partial charge in [0.2, 0.25) is 0 Å². The minimum absolute atomic E-state index is 0.0957. The molecule has 348 valence electrons. The Morgan fingerprint density at radius 1 is 0.471 bits per heavy atom. The number of nitrogens with one attached hydrogen (secondary N) is 1.